The van der Waals surface area contributed by atoms with Gasteiger partial charge in [-0.3, -0.25) is 14.8 Å². The molecule has 8 nitrogen and oxygen atoms in total. The van der Waals surface area contributed by atoms with E-state index in [1.807, 2.05) is 30.3 Å². The van der Waals surface area contributed by atoms with Crippen LogP contribution in [-0.2, 0) is 21.4 Å². The summed E-state index contributed by atoms with van der Waals surface area (Å²) in [5, 5.41) is 10.1. The monoisotopic (exact) mass is 499 g/mol. The van der Waals surface area contributed by atoms with E-state index < -0.39 is 16.1 Å². The van der Waals surface area contributed by atoms with Gasteiger partial charge in [0.15, 0.2) is 0 Å². The molecule has 1 unspecified atom stereocenters. The lowest BCUT2D eigenvalue weighted by Crippen LogP contribution is -2.38. The molecule has 1 saturated heterocycles. The SMILES string of the molecule is CS(=O)(=O)N1CCCN(Cc2cn[nH]c2-c2ccc(F)cc2)CCNC(=O)CC1c1ccccc1. The van der Waals surface area contributed by atoms with Gasteiger partial charge in [0.25, 0.3) is 0 Å². The van der Waals surface area contributed by atoms with Crippen LogP contribution in [-0.4, -0.2) is 66.2 Å². The zero-order valence-corrected chi connectivity index (χ0v) is 20.5. The highest BCUT2D eigenvalue weighted by Gasteiger charge is 2.30. The molecule has 2 N–H and O–H groups in total. The number of rotatable bonds is 5. The molecule has 0 bridgehead atoms. The Bertz CT molecular complexity index is 1230. The number of hydrogen-bond donors (Lipinski definition) is 2. The summed E-state index contributed by atoms with van der Waals surface area (Å²) in [6.07, 6.45) is 3.61. The lowest BCUT2D eigenvalue weighted by molar-refractivity contribution is -0.122. The molecule has 1 aliphatic heterocycles. The molecule has 0 saturated carbocycles. The summed E-state index contributed by atoms with van der Waals surface area (Å²) in [6, 6.07) is 15.0. The summed E-state index contributed by atoms with van der Waals surface area (Å²) >= 11 is 0. The Kier molecular flexibility index (Phi) is 7.94. The van der Waals surface area contributed by atoms with Gasteiger partial charge in [-0.25, -0.2) is 12.8 Å². The van der Waals surface area contributed by atoms with Crippen LogP contribution in [0, 0.1) is 5.82 Å². The minimum absolute atomic E-state index is 0.0630. The first-order valence-corrected chi connectivity index (χ1v) is 13.4. The second-order valence-electron chi connectivity index (χ2n) is 8.76. The van der Waals surface area contributed by atoms with Crippen molar-refractivity contribution in [2.45, 2.75) is 25.4 Å². The lowest BCUT2D eigenvalue weighted by atomic mass is 10.0. The maximum absolute atomic E-state index is 13.4. The van der Waals surface area contributed by atoms with Gasteiger partial charge < -0.3 is 5.32 Å². The normalized spacial score (nSPS) is 19.1. The molecule has 1 amide bonds. The van der Waals surface area contributed by atoms with Gasteiger partial charge in [-0.15, -0.1) is 0 Å². The van der Waals surface area contributed by atoms with Crippen molar-refractivity contribution in [1.82, 2.24) is 24.7 Å². The molecule has 3 aromatic rings. The number of halogens is 1. The van der Waals surface area contributed by atoms with E-state index in [4.69, 9.17) is 0 Å². The fourth-order valence-electron chi connectivity index (χ4n) is 4.47. The fourth-order valence-corrected chi connectivity index (χ4v) is 5.59. The molecule has 0 radical (unpaired) electrons. The van der Waals surface area contributed by atoms with Crippen molar-refractivity contribution in [3.63, 3.8) is 0 Å². The van der Waals surface area contributed by atoms with Crippen LogP contribution in [0.15, 0.2) is 60.8 Å². The molecule has 35 heavy (non-hydrogen) atoms. The number of nitrogens with zero attached hydrogens (tertiary/aromatic N) is 3. The number of aromatic nitrogens is 2. The topological polar surface area (TPSA) is 98.4 Å². The van der Waals surface area contributed by atoms with Crippen molar-refractivity contribution in [2.75, 3.05) is 32.4 Å². The summed E-state index contributed by atoms with van der Waals surface area (Å²) in [6.45, 7) is 2.55. The first-order valence-electron chi connectivity index (χ1n) is 11.6. The minimum Gasteiger partial charge on any atom is -0.355 e. The Morgan fingerprint density at radius 1 is 1.06 bits per heavy atom. The Morgan fingerprint density at radius 2 is 1.80 bits per heavy atom. The number of benzene rings is 2. The molecule has 186 valence electrons. The van der Waals surface area contributed by atoms with Crippen molar-refractivity contribution in [1.29, 1.82) is 0 Å². The summed E-state index contributed by atoms with van der Waals surface area (Å²) in [7, 11) is -3.55. The second-order valence-corrected chi connectivity index (χ2v) is 10.7. The smallest absolute Gasteiger partial charge is 0.222 e. The van der Waals surface area contributed by atoms with Crippen LogP contribution in [0.5, 0.6) is 0 Å². The maximum Gasteiger partial charge on any atom is 0.222 e. The average Bonchev–Trinajstić information content (AvgIpc) is 3.27. The minimum atomic E-state index is -3.55. The number of carbonyl (C=O) groups excluding carboxylic acids is 1. The molecular formula is C25H30FN5O3S. The zero-order chi connectivity index (χ0) is 24.8. The number of amides is 1. The molecule has 2 aromatic carbocycles. The predicted molar refractivity (Wildman–Crippen MR) is 132 cm³/mol. The molecule has 1 aliphatic rings. The van der Waals surface area contributed by atoms with E-state index in [1.54, 1.807) is 18.3 Å². The van der Waals surface area contributed by atoms with Crippen LogP contribution < -0.4 is 5.32 Å². The molecule has 0 aliphatic carbocycles. The van der Waals surface area contributed by atoms with Crippen LogP contribution in [0.4, 0.5) is 4.39 Å². The van der Waals surface area contributed by atoms with Gasteiger partial charge in [0, 0.05) is 43.7 Å². The highest BCUT2D eigenvalue weighted by Crippen LogP contribution is 2.28. The van der Waals surface area contributed by atoms with Crippen LogP contribution in [0.1, 0.15) is 30.0 Å². The Morgan fingerprint density at radius 3 is 2.51 bits per heavy atom. The Hall–Kier alpha value is -3.08. The van der Waals surface area contributed by atoms with Crippen LogP contribution in [0.2, 0.25) is 0 Å². The number of carbonyl (C=O) groups is 1. The second kappa shape index (κ2) is 11.1. The molecule has 2 heterocycles. The highest BCUT2D eigenvalue weighted by atomic mass is 32.2. The third-order valence-electron chi connectivity index (χ3n) is 6.18. The van der Waals surface area contributed by atoms with E-state index in [1.165, 1.54) is 22.7 Å². The van der Waals surface area contributed by atoms with Gasteiger partial charge in [-0.2, -0.15) is 9.40 Å². The number of H-pyrrole nitrogens is 1. The standard InChI is InChI=1S/C25H30FN5O3S/c1-35(33,34)31-14-5-13-30(15-12-27-24(32)16-23(31)19-6-3-2-4-7-19)18-21-17-28-29-25(21)20-8-10-22(26)11-9-20/h2-4,6-11,17,23H,5,12-16,18H2,1H3,(H,27,32)(H,28,29). The third-order valence-corrected chi connectivity index (χ3v) is 7.47. The quantitative estimate of drug-likeness (QED) is 0.563. The number of nitrogens with one attached hydrogen (secondary N) is 2. The van der Waals surface area contributed by atoms with Crippen molar-refractivity contribution in [3.8, 4) is 11.3 Å². The van der Waals surface area contributed by atoms with Gasteiger partial charge in [0.1, 0.15) is 5.82 Å². The molecule has 0 spiro atoms. The van der Waals surface area contributed by atoms with E-state index in [-0.39, 0.29) is 18.1 Å². The largest absolute Gasteiger partial charge is 0.355 e. The molecule has 1 atom stereocenters. The average molecular weight is 500 g/mol. The molecule has 4 rings (SSSR count). The van der Waals surface area contributed by atoms with Gasteiger partial charge in [0.05, 0.1) is 24.2 Å². The summed E-state index contributed by atoms with van der Waals surface area (Å²) in [5.41, 5.74) is 3.38. The van der Waals surface area contributed by atoms with E-state index in [2.05, 4.69) is 20.4 Å². The number of aromatic amines is 1. The third kappa shape index (κ3) is 6.53. The first kappa shape index (κ1) is 25.0. The Balaban J connectivity index is 1.53. The van der Waals surface area contributed by atoms with E-state index in [0.29, 0.717) is 39.1 Å². The van der Waals surface area contributed by atoms with Crippen molar-refractivity contribution < 1.29 is 17.6 Å². The maximum atomic E-state index is 13.4. The number of hydrogen-bond acceptors (Lipinski definition) is 5. The van der Waals surface area contributed by atoms with Crippen molar-refractivity contribution >= 4 is 15.9 Å². The van der Waals surface area contributed by atoms with E-state index >= 15 is 0 Å². The highest BCUT2D eigenvalue weighted by molar-refractivity contribution is 7.88. The van der Waals surface area contributed by atoms with Crippen molar-refractivity contribution in [3.05, 3.63) is 77.7 Å². The zero-order valence-electron chi connectivity index (χ0n) is 19.7. The molecule has 1 aromatic heterocycles. The van der Waals surface area contributed by atoms with E-state index in [9.17, 15) is 17.6 Å². The summed E-state index contributed by atoms with van der Waals surface area (Å²) in [4.78, 5) is 14.9. The molecule has 1 fully saturated rings. The van der Waals surface area contributed by atoms with Gasteiger partial charge in [0.2, 0.25) is 15.9 Å². The van der Waals surface area contributed by atoms with Gasteiger partial charge in [-0.05, 0) is 42.8 Å². The fraction of sp³-hybridized carbons (Fsp3) is 0.360. The van der Waals surface area contributed by atoms with Gasteiger partial charge in [-0.1, -0.05) is 30.3 Å². The lowest BCUT2D eigenvalue weighted by Gasteiger charge is -2.30. The van der Waals surface area contributed by atoms with Crippen molar-refractivity contribution in [2.24, 2.45) is 0 Å². The summed E-state index contributed by atoms with van der Waals surface area (Å²) in [5.74, 6) is -0.494. The van der Waals surface area contributed by atoms with E-state index in [0.717, 1.165) is 22.4 Å². The predicted octanol–water partition coefficient (Wildman–Crippen LogP) is 2.93. The number of sulfonamides is 1. The summed E-state index contributed by atoms with van der Waals surface area (Å²) < 4.78 is 40.3. The molecule has 10 heteroatoms. The Labute approximate surface area is 205 Å². The van der Waals surface area contributed by atoms with Crippen LogP contribution in [0.25, 0.3) is 11.3 Å². The molecular weight excluding hydrogens is 469 g/mol. The van der Waals surface area contributed by atoms with Gasteiger partial charge >= 0.3 is 0 Å². The van der Waals surface area contributed by atoms with Crippen LogP contribution >= 0.6 is 0 Å². The first-order chi connectivity index (χ1) is 16.8. The van der Waals surface area contributed by atoms with Crippen LogP contribution in [0.3, 0.4) is 0 Å².